The van der Waals surface area contributed by atoms with Gasteiger partial charge in [0, 0.05) is 12.1 Å². The lowest BCUT2D eigenvalue weighted by atomic mass is 10.0. The van der Waals surface area contributed by atoms with Crippen LogP contribution in [0, 0.1) is 12.7 Å². The minimum atomic E-state index is -3.81. The molecule has 0 radical (unpaired) electrons. The third-order valence-electron chi connectivity index (χ3n) is 3.51. The van der Waals surface area contributed by atoms with Gasteiger partial charge in [-0.3, -0.25) is 0 Å². The van der Waals surface area contributed by atoms with Gasteiger partial charge in [0.15, 0.2) is 0 Å². The van der Waals surface area contributed by atoms with Crippen LogP contribution >= 0.6 is 0 Å². The molecule has 0 amide bonds. The van der Waals surface area contributed by atoms with E-state index in [1.54, 1.807) is 19.1 Å². The summed E-state index contributed by atoms with van der Waals surface area (Å²) in [5, 5.41) is 3.21. The second kappa shape index (κ2) is 5.56. The number of halogens is 1. The molecule has 2 unspecified atom stereocenters. The summed E-state index contributed by atoms with van der Waals surface area (Å²) in [6.45, 7) is 4.37. The molecule has 6 heteroatoms. The smallest absolute Gasteiger partial charge is 0.243 e. The molecule has 1 aromatic carbocycles. The Morgan fingerprint density at radius 3 is 2.84 bits per heavy atom. The summed E-state index contributed by atoms with van der Waals surface area (Å²) in [7, 11) is -3.81. The van der Waals surface area contributed by atoms with Crippen molar-refractivity contribution in [3.8, 4) is 0 Å². The van der Waals surface area contributed by atoms with Gasteiger partial charge in [0.25, 0.3) is 0 Å². The fraction of sp³-hybridized carbons (Fsp3) is 0.538. The number of benzene rings is 1. The van der Waals surface area contributed by atoms with Crippen LogP contribution in [0.1, 0.15) is 25.3 Å². The number of nitrogens with one attached hydrogen (secondary N) is 2. The van der Waals surface area contributed by atoms with Crippen molar-refractivity contribution in [1.82, 2.24) is 10.0 Å². The Morgan fingerprint density at radius 1 is 1.42 bits per heavy atom. The molecule has 0 aromatic heterocycles. The highest BCUT2D eigenvalue weighted by Gasteiger charge is 2.28. The maximum atomic E-state index is 13.9. The van der Waals surface area contributed by atoms with E-state index in [2.05, 4.69) is 10.0 Å². The van der Waals surface area contributed by atoms with Gasteiger partial charge >= 0.3 is 0 Å². The summed E-state index contributed by atoms with van der Waals surface area (Å²) in [5.74, 6) is -0.675. The molecular formula is C13H19FN2O2S. The SMILES string of the molecule is Cc1cccc(S(=O)(=O)NC2CCCNC2C)c1F. The van der Waals surface area contributed by atoms with E-state index in [1.165, 1.54) is 6.07 Å². The number of rotatable bonds is 3. The van der Waals surface area contributed by atoms with Crippen LogP contribution in [0.5, 0.6) is 0 Å². The fourth-order valence-electron chi connectivity index (χ4n) is 2.30. The van der Waals surface area contributed by atoms with Crippen molar-refractivity contribution >= 4 is 10.0 Å². The van der Waals surface area contributed by atoms with E-state index in [0.717, 1.165) is 19.4 Å². The zero-order chi connectivity index (χ0) is 14.0. The van der Waals surface area contributed by atoms with E-state index in [1.807, 2.05) is 6.92 Å². The monoisotopic (exact) mass is 286 g/mol. The number of piperidine rings is 1. The van der Waals surface area contributed by atoms with Gasteiger partial charge in [-0.25, -0.2) is 17.5 Å². The maximum Gasteiger partial charge on any atom is 0.243 e. The van der Waals surface area contributed by atoms with E-state index in [-0.39, 0.29) is 17.0 Å². The molecule has 19 heavy (non-hydrogen) atoms. The van der Waals surface area contributed by atoms with Crippen LogP contribution in [0.2, 0.25) is 0 Å². The van der Waals surface area contributed by atoms with Gasteiger partial charge in [-0.15, -0.1) is 0 Å². The minimum absolute atomic E-state index is 0.0522. The van der Waals surface area contributed by atoms with Crippen molar-refractivity contribution in [1.29, 1.82) is 0 Å². The van der Waals surface area contributed by atoms with E-state index in [9.17, 15) is 12.8 Å². The topological polar surface area (TPSA) is 58.2 Å². The van der Waals surface area contributed by atoms with Crippen molar-refractivity contribution in [3.05, 3.63) is 29.6 Å². The molecule has 0 saturated carbocycles. The lowest BCUT2D eigenvalue weighted by Crippen LogP contribution is -2.51. The van der Waals surface area contributed by atoms with E-state index in [4.69, 9.17) is 0 Å². The first-order valence-electron chi connectivity index (χ1n) is 6.42. The highest BCUT2D eigenvalue weighted by Crippen LogP contribution is 2.19. The molecule has 0 aliphatic carbocycles. The van der Waals surface area contributed by atoms with Gasteiger partial charge in [-0.05, 0) is 44.9 Å². The molecule has 2 rings (SSSR count). The zero-order valence-corrected chi connectivity index (χ0v) is 11.9. The molecule has 0 bridgehead atoms. The molecule has 4 nitrogen and oxygen atoms in total. The Morgan fingerprint density at radius 2 is 2.16 bits per heavy atom. The van der Waals surface area contributed by atoms with Crippen molar-refractivity contribution in [2.45, 2.75) is 43.7 Å². The van der Waals surface area contributed by atoms with E-state index >= 15 is 0 Å². The van der Waals surface area contributed by atoms with Gasteiger partial charge in [0.2, 0.25) is 10.0 Å². The van der Waals surface area contributed by atoms with Crippen LogP contribution < -0.4 is 10.0 Å². The number of sulfonamides is 1. The van der Waals surface area contributed by atoms with Crippen LogP contribution in [-0.2, 0) is 10.0 Å². The van der Waals surface area contributed by atoms with Crippen LogP contribution in [0.3, 0.4) is 0 Å². The molecule has 1 aliphatic heterocycles. The first kappa shape index (κ1) is 14.4. The highest BCUT2D eigenvalue weighted by atomic mass is 32.2. The summed E-state index contributed by atoms with van der Waals surface area (Å²) >= 11 is 0. The second-order valence-electron chi connectivity index (χ2n) is 5.00. The zero-order valence-electron chi connectivity index (χ0n) is 11.1. The first-order chi connectivity index (χ1) is 8.92. The number of aryl methyl sites for hydroxylation is 1. The predicted octanol–water partition coefficient (Wildman–Crippen LogP) is 1.55. The molecule has 0 spiro atoms. The Bertz CT molecular complexity index is 560. The average molecular weight is 286 g/mol. The number of hydrogen-bond acceptors (Lipinski definition) is 3. The Balaban J connectivity index is 2.25. The average Bonchev–Trinajstić information content (AvgIpc) is 2.35. The van der Waals surface area contributed by atoms with Crippen molar-refractivity contribution < 1.29 is 12.8 Å². The Labute approximate surface area is 113 Å². The lowest BCUT2D eigenvalue weighted by Gasteiger charge is -2.30. The summed E-state index contributed by atoms with van der Waals surface area (Å²) in [5.41, 5.74) is 0.331. The molecular weight excluding hydrogens is 267 g/mol. The quantitative estimate of drug-likeness (QED) is 0.886. The molecule has 1 heterocycles. The second-order valence-corrected chi connectivity index (χ2v) is 6.68. The lowest BCUT2D eigenvalue weighted by molar-refractivity contribution is 0.348. The Kier molecular flexibility index (Phi) is 4.23. The number of hydrogen-bond donors (Lipinski definition) is 2. The van der Waals surface area contributed by atoms with E-state index < -0.39 is 15.8 Å². The predicted molar refractivity (Wildman–Crippen MR) is 71.9 cm³/mol. The van der Waals surface area contributed by atoms with Gasteiger partial charge in [-0.2, -0.15) is 0 Å². The summed E-state index contributed by atoms with van der Waals surface area (Å²) in [4.78, 5) is -0.273. The molecule has 1 aliphatic rings. The third kappa shape index (κ3) is 3.13. The van der Waals surface area contributed by atoms with Gasteiger partial charge in [0.05, 0.1) is 0 Å². The van der Waals surface area contributed by atoms with Crippen LogP contribution in [0.4, 0.5) is 4.39 Å². The molecule has 2 atom stereocenters. The summed E-state index contributed by atoms with van der Waals surface area (Å²) in [6.07, 6.45) is 1.68. The highest BCUT2D eigenvalue weighted by molar-refractivity contribution is 7.89. The van der Waals surface area contributed by atoms with Crippen molar-refractivity contribution in [3.63, 3.8) is 0 Å². The van der Waals surface area contributed by atoms with Crippen LogP contribution in [0.25, 0.3) is 0 Å². The minimum Gasteiger partial charge on any atom is -0.313 e. The molecule has 1 aromatic rings. The molecule has 1 saturated heterocycles. The summed E-state index contributed by atoms with van der Waals surface area (Å²) in [6, 6.07) is 4.26. The van der Waals surface area contributed by atoms with E-state index in [0.29, 0.717) is 5.56 Å². The fourth-order valence-corrected chi connectivity index (χ4v) is 3.80. The summed E-state index contributed by atoms with van der Waals surface area (Å²) < 4.78 is 41.0. The normalized spacial score (nSPS) is 24.4. The standard InChI is InChI=1S/C13H19FN2O2S/c1-9-5-3-7-12(13(9)14)19(17,18)16-11-6-4-8-15-10(11)2/h3,5,7,10-11,15-16H,4,6,8H2,1-2H3. The van der Waals surface area contributed by atoms with Gasteiger partial charge < -0.3 is 5.32 Å². The first-order valence-corrected chi connectivity index (χ1v) is 7.91. The van der Waals surface area contributed by atoms with Gasteiger partial charge in [-0.1, -0.05) is 12.1 Å². The molecule has 1 fully saturated rings. The van der Waals surface area contributed by atoms with Crippen molar-refractivity contribution in [2.75, 3.05) is 6.54 Å². The van der Waals surface area contributed by atoms with Crippen LogP contribution in [-0.4, -0.2) is 27.0 Å². The Hall–Kier alpha value is -0.980. The van der Waals surface area contributed by atoms with Crippen LogP contribution in [0.15, 0.2) is 23.1 Å². The van der Waals surface area contributed by atoms with Gasteiger partial charge in [0.1, 0.15) is 10.7 Å². The molecule has 106 valence electrons. The largest absolute Gasteiger partial charge is 0.313 e. The van der Waals surface area contributed by atoms with Crippen molar-refractivity contribution in [2.24, 2.45) is 0 Å². The maximum absolute atomic E-state index is 13.9. The molecule has 2 N–H and O–H groups in total. The third-order valence-corrected chi connectivity index (χ3v) is 5.02.